The maximum absolute atomic E-state index is 9.00. The summed E-state index contributed by atoms with van der Waals surface area (Å²) >= 11 is 0. The maximum atomic E-state index is 9.00. The van der Waals surface area contributed by atoms with Gasteiger partial charge in [0.1, 0.15) is 5.82 Å². The average molecular weight is 209 g/mol. The van der Waals surface area contributed by atoms with Crippen molar-refractivity contribution in [3.05, 3.63) is 18.1 Å². The van der Waals surface area contributed by atoms with Gasteiger partial charge in [-0.1, -0.05) is 6.92 Å². The lowest BCUT2D eigenvalue weighted by Gasteiger charge is -2.29. The number of aliphatic hydroxyl groups excluding tert-OH is 1. The molecule has 1 atom stereocenters. The first kappa shape index (κ1) is 11.9. The monoisotopic (exact) mass is 209 g/mol. The van der Waals surface area contributed by atoms with Gasteiger partial charge in [-0.2, -0.15) is 0 Å². The molecule has 0 aromatic carbocycles. The maximum Gasteiger partial charge on any atom is 0.147 e. The van der Waals surface area contributed by atoms with Crippen LogP contribution in [0.2, 0.25) is 0 Å². The van der Waals surface area contributed by atoms with Gasteiger partial charge in [0.15, 0.2) is 0 Å². The number of nitrogens with zero attached hydrogens (tertiary/aromatic N) is 2. The fourth-order valence-electron chi connectivity index (χ4n) is 1.39. The number of aromatic nitrogens is 2. The molecule has 0 bridgehead atoms. The van der Waals surface area contributed by atoms with Crippen LogP contribution in [-0.4, -0.2) is 27.2 Å². The topological polar surface area (TPSA) is 58.0 Å². The predicted octanol–water partition coefficient (Wildman–Crippen LogP) is 1.75. The highest BCUT2D eigenvalue weighted by atomic mass is 16.3. The van der Waals surface area contributed by atoms with Gasteiger partial charge in [0, 0.05) is 24.5 Å². The number of nitrogens with one attached hydrogen (secondary N) is 1. The highest BCUT2D eigenvalue weighted by Crippen LogP contribution is 2.21. The molecule has 1 unspecified atom stereocenters. The molecule has 0 aliphatic heterocycles. The molecule has 0 radical (unpaired) electrons. The van der Waals surface area contributed by atoms with Crippen LogP contribution in [0.25, 0.3) is 0 Å². The van der Waals surface area contributed by atoms with E-state index in [1.165, 1.54) is 0 Å². The van der Waals surface area contributed by atoms with Crippen LogP contribution in [0.3, 0.4) is 0 Å². The van der Waals surface area contributed by atoms with Gasteiger partial charge in [-0.25, -0.2) is 4.98 Å². The molecule has 1 aromatic heterocycles. The van der Waals surface area contributed by atoms with Gasteiger partial charge in [-0.3, -0.25) is 4.98 Å². The van der Waals surface area contributed by atoms with Gasteiger partial charge in [0.2, 0.25) is 0 Å². The van der Waals surface area contributed by atoms with Gasteiger partial charge in [-0.05, 0) is 26.7 Å². The van der Waals surface area contributed by atoms with Crippen LogP contribution in [0.4, 0.5) is 5.82 Å². The molecule has 4 heteroatoms. The Labute approximate surface area is 90.8 Å². The van der Waals surface area contributed by atoms with Crippen LogP contribution in [0.15, 0.2) is 12.4 Å². The molecule has 4 nitrogen and oxygen atoms in total. The van der Waals surface area contributed by atoms with Crippen LogP contribution in [0.1, 0.15) is 32.4 Å². The quantitative estimate of drug-likeness (QED) is 0.775. The fraction of sp³-hybridized carbons (Fsp3) is 0.636. The van der Waals surface area contributed by atoms with E-state index in [-0.39, 0.29) is 12.1 Å². The third-order valence-corrected chi connectivity index (χ3v) is 2.75. The minimum Gasteiger partial charge on any atom is -0.396 e. The van der Waals surface area contributed by atoms with Crippen molar-refractivity contribution in [2.45, 2.75) is 39.2 Å². The summed E-state index contributed by atoms with van der Waals surface area (Å²) in [5, 5.41) is 12.3. The van der Waals surface area contributed by atoms with E-state index >= 15 is 0 Å². The summed E-state index contributed by atoms with van der Waals surface area (Å²) in [4.78, 5) is 8.41. The second-order valence-corrected chi connectivity index (χ2v) is 4.00. The lowest BCUT2D eigenvalue weighted by atomic mass is 9.95. The summed E-state index contributed by atoms with van der Waals surface area (Å²) in [5.74, 6) is 0.801. The van der Waals surface area contributed by atoms with Gasteiger partial charge >= 0.3 is 0 Å². The highest BCUT2D eigenvalue weighted by molar-refractivity contribution is 5.41. The van der Waals surface area contributed by atoms with Crippen LogP contribution >= 0.6 is 0 Å². The molecule has 0 saturated heterocycles. The van der Waals surface area contributed by atoms with Crippen molar-refractivity contribution in [3.63, 3.8) is 0 Å². The Hall–Kier alpha value is -1.16. The third kappa shape index (κ3) is 3.16. The lowest BCUT2D eigenvalue weighted by molar-refractivity contribution is 0.251. The number of rotatable bonds is 5. The van der Waals surface area contributed by atoms with E-state index in [2.05, 4.69) is 29.1 Å². The summed E-state index contributed by atoms with van der Waals surface area (Å²) in [5.41, 5.74) is 0.769. The van der Waals surface area contributed by atoms with Crippen LogP contribution in [-0.2, 0) is 0 Å². The normalized spacial score (nSPS) is 14.7. The molecular formula is C11H19N3O. The Bertz CT molecular complexity index is 316. The second kappa shape index (κ2) is 5.07. The zero-order valence-corrected chi connectivity index (χ0v) is 9.62. The summed E-state index contributed by atoms with van der Waals surface area (Å²) in [6, 6.07) is 0. The molecule has 1 aromatic rings. The standard InChI is InChI=1S/C11H19N3O/c1-4-11(3,5-8-15)14-10-9(2)12-6-7-13-10/h6-7,15H,4-5,8H2,1-3H3,(H,13,14). The summed E-state index contributed by atoms with van der Waals surface area (Å²) < 4.78 is 0. The molecule has 0 fully saturated rings. The number of aryl methyl sites for hydroxylation is 1. The van der Waals surface area contributed by atoms with Crippen LogP contribution < -0.4 is 5.32 Å². The Balaban J connectivity index is 2.79. The van der Waals surface area contributed by atoms with Gasteiger partial charge < -0.3 is 10.4 Å². The summed E-state index contributed by atoms with van der Waals surface area (Å²) in [7, 11) is 0. The van der Waals surface area contributed by atoms with Crippen LogP contribution in [0.5, 0.6) is 0 Å². The summed E-state index contributed by atoms with van der Waals surface area (Å²) in [6.07, 6.45) is 4.99. The molecule has 1 rings (SSSR count). The molecule has 0 saturated carbocycles. The Morgan fingerprint density at radius 3 is 2.60 bits per heavy atom. The Morgan fingerprint density at radius 2 is 2.07 bits per heavy atom. The molecule has 2 N–H and O–H groups in total. The summed E-state index contributed by atoms with van der Waals surface area (Å²) in [6.45, 7) is 6.27. The van der Waals surface area contributed by atoms with E-state index in [1.54, 1.807) is 12.4 Å². The molecule has 0 aliphatic carbocycles. The first-order valence-electron chi connectivity index (χ1n) is 5.28. The largest absolute Gasteiger partial charge is 0.396 e. The average Bonchev–Trinajstić information content (AvgIpc) is 2.22. The molecule has 0 spiro atoms. The fourth-order valence-corrected chi connectivity index (χ4v) is 1.39. The minimum atomic E-state index is -0.116. The van der Waals surface area contributed by atoms with E-state index in [1.807, 2.05) is 6.92 Å². The van der Waals surface area contributed by atoms with E-state index in [0.717, 1.165) is 17.9 Å². The number of aliphatic hydroxyl groups is 1. The van der Waals surface area contributed by atoms with Gasteiger partial charge in [-0.15, -0.1) is 0 Å². The highest BCUT2D eigenvalue weighted by Gasteiger charge is 2.22. The zero-order chi connectivity index (χ0) is 11.3. The molecule has 15 heavy (non-hydrogen) atoms. The van der Waals surface area contributed by atoms with E-state index < -0.39 is 0 Å². The van der Waals surface area contributed by atoms with Gasteiger partial charge in [0.25, 0.3) is 0 Å². The van der Waals surface area contributed by atoms with Crippen molar-refractivity contribution in [1.82, 2.24) is 9.97 Å². The molecule has 0 amide bonds. The number of hydrogen-bond acceptors (Lipinski definition) is 4. The van der Waals surface area contributed by atoms with Crippen molar-refractivity contribution in [2.24, 2.45) is 0 Å². The van der Waals surface area contributed by atoms with E-state index in [0.29, 0.717) is 6.42 Å². The SMILES string of the molecule is CCC(C)(CCO)Nc1nccnc1C. The second-order valence-electron chi connectivity index (χ2n) is 4.00. The lowest BCUT2D eigenvalue weighted by Crippen LogP contribution is -2.35. The first-order valence-corrected chi connectivity index (χ1v) is 5.28. The molecular weight excluding hydrogens is 190 g/mol. The van der Waals surface area contributed by atoms with Crippen molar-refractivity contribution in [3.8, 4) is 0 Å². The smallest absolute Gasteiger partial charge is 0.147 e. The van der Waals surface area contributed by atoms with Crippen molar-refractivity contribution >= 4 is 5.82 Å². The minimum absolute atomic E-state index is 0.116. The van der Waals surface area contributed by atoms with Crippen LogP contribution in [0, 0.1) is 6.92 Å². The molecule has 1 heterocycles. The molecule has 84 valence electrons. The van der Waals surface area contributed by atoms with E-state index in [9.17, 15) is 0 Å². The third-order valence-electron chi connectivity index (χ3n) is 2.75. The Morgan fingerprint density at radius 1 is 1.40 bits per heavy atom. The van der Waals surface area contributed by atoms with Crippen molar-refractivity contribution in [2.75, 3.05) is 11.9 Å². The molecule has 0 aliphatic rings. The van der Waals surface area contributed by atoms with E-state index in [4.69, 9.17) is 5.11 Å². The van der Waals surface area contributed by atoms with Crippen molar-refractivity contribution < 1.29 is 5.11 Å². The van der Waals surface area contributed by atoms with Gasteiger partial charge in [0.05, 0.1) is 5.69 Å². The number of hydrogen-bond donors (Lipinski definition) is 2. The number of anilines is 1. The van der Waals surface area contributed by atoms with Crippen molar-refractivity contribution in [1.29, 1.82) is 0 Å². The Kier molecular flexibility index (Phi) is 4.03. The zero-order valence-electron chi connectivity index (χ0n) is 9.62. The first-order chi connectivity index (χ1) is 7.11. The predicted molar refractivity (Wildman–Crippen MR) is 60.8 cm³/mol.